The first-order valence-electron chi connectivity index (χ1n) is 9.39. The Balaban J connectivity index is 2.41. The first kappa shape index (κ1) is 21.5. The molecule has 0 atom stereocenters. The fourth-order valence-electron chi connectivity index (χ4n) is 4.17. The molecule has 6 nitrogen and oxygen atoms in total. The molecule has 0 fully saturated rings. The molecule has 4 aromatic rings. The highest BCUT2D eigenvalue weighted by atomic mass is 32.2. The molecule has 31 heavy (non-hydrogen) atoms. The first-order chi connectivity index (χ1) is 14.6. The summed E-state index contributed by atoms with van der Waals surface area (Å²) in [4.78, 5) is -0.455. The third-order valence-corrected chi connectivity index (χ3v) is 7.86. The van der Waals surface area contributed by atoms with Crippen molar-refractivity contribution in [1.29, 1.82) is 0 Å². The van der Waals surface area contributed by atoms with Crippen molar-refractivity contribution in [3.63, 3.8) is 0 Å². The summed E-state index contributed by atoms with van der Waals surface area (Å²) in [7, 11) is -7.85. The Morgan fingerprint density at radius 3 is 1.58 bits per heavy atom. The standard InChI is InChI=1S/C23H20O6S2/c1-14-12-16-8-4-6-10-18(16)20(22(14)30(24,25)26)21-19-11-7-5-9-17(19)13-15(2)23(21)31(27,28)29-3/h4-13H,1-3H3,(H,24,25,26). The van der Waals surface area contributed by atoms with E-state index in [-0.39, 0.29) is 20.9 Å². The molecule has 0 saturated heterocycles. The second-order valence-corrected chi connectivity index (χ2v) is 10.3. The summed E-state index contributed by atoms with van der Waals surface area (Å²) in [6.07, 6.45) is 0. The third kappa shape index (κ3) is 3.51. The maximum Gasteiger partial charge on any atom is 0.297 e. The summed E-state index contributed by atoms with van der Waals surface area (Å²) in [6, 6.07) is 17.5. The predicted octanol–water partition coefficient (Wildman–Crippen LogP) is 4.86. The summed E-state index contributed by atoms with van der Waals surface area (Å²) < 4.78 is 66.0. The van der Waals surface area contributed by atoms with Crippen LogP contribution in [0.3, 0.4) is 0 Å². The van der Waals surface area contributed by atoms with Crippen LogP contribution in [-0.4, -0.2) is 28.5 Å². The van der Waals surface area contributed by atoms with Gasteiger partial charge in [0.15, 0.2) is 0 Å². The molecular formula is C23H20O6S2. The van der Waals surface area contributed by atoms with Crippen molar-refractivity contribution in [2.75, 3.05) is 7.11 Å². The number of rotatable bonds is 4. The van der Waals surface area contributed by atoms with Crippen LogP contribution in [0.2, 0.25) is 0 Å². The molecule has 0 aliphatic carbocycles. The Morgan fingerprint density at radius 2 is 1.13 bits per heavy atom. The smallest absolute Gasteiger partial charge is 0.282 e. The van der Waals surface area contributed by atoms with Gasteiger partial charge in [0.25, 0.3) is 20.2 Å². The molecule has 0 unspecified atom stereocenters. The monoisotopic (exact) mass is 456 g/mol. The number of hydrogen-bond donors (Lipinski definition) is 1. The lowest BCUT2D eigenvalue weighted by molar-refractivity contribution is 0.397. The molecule has 0 saturated carbocycles. The van der Waals surface area contributed by atoms with Crippen molar-refractivity contribution in [3.8, 4) is 11.1 Å². The van der Waals surface area contributed by atoms with Crippen LogP contribution in [0.4, 0.5) is 0 Å². The molecule has 160 valence electrons. The minimum atomic E-state index is -4.69. The van der Waals surface area contributed by atoms with Crippen LogP contribution in [0.5, 0.6) is 0 Å². The topological polar surface area (TPSA) is 97.7 Å². The summed E-state index contributed by atoms with van der Waals surface area (Å²) in [5.41, 5.74) is 1.03. The molecule has 0 aromatic heterocycles. The Labute approximate surface area is 181 Å². The van der Waals surface area contributed by atoms with Crippen molar-refractivity contribution >= 4 is 41.8 Å². The number of hydrogen-bond acceptors (Lipinski definition) is 5. The molecule has 0 aliphatic rings. The Bertz CT molecular complexity index is 1570. The Morgan fingerprint density at radius 1 is 0.710 bits per heavy atom. The van der Waals surface area contributed by atoms with E-state index in [4.69, 9.17) is 4.18 Å². The van der Waals surface area contributed by atoms with E-state index in [0.717, 1.165) is 12.5 Å². The molecule has 8 heteroatoms. The summed E-state index contributed by atoms with van der Waals surface area (Å²) in [6.45, 7) is 3.20. The summed E-state index contributed by atoms with van der Waals surface area (Å²) >= 11 is 0. The third-order valence-electron chi connectivity index (χ3n) is 5.35. The van der Waals surface area contributed by atoms with E-state index >= 15 is 0 Å². The lowest BCUT2D eigenvalue weighted by Crippen LogP contribution is -2.11. The van der Waals surface area contributed by atoms with E-state index in [1.807, 2.05) is 18.2 Å². The Hall–Kier alpha value is -2.78. The fourth-order valence-corrected chi connectivity index (χ4v) is 6.19. The van der Waals surface area contributed by atoms with Gasteiger partial charge in [-0.2, -0.15) is 16.8 Å². The van der Waals surface area contributed by atoms with Crippen molar-refractivity contribution in [3.05, 3.63) is 71.8 Å². The lowest BCUT2D eigenvalue weighted by atomic mass is 9.91. The molecule has 4 rings (SSSR count). The highest BCUT2D eigenvalue weighted by Gasteiger charge is 2.30. The molecule has 0 aliphatic heterocycles. The van der Waals surface area contributed by atoms with Crippen LogP contribution in [-0.2, 0) is 24.4 Å². The van der Waals surface area contributed by atoms with Gasteiger partial charge in [0.2, 0.25) is 0 Å². The largest absolute Gasteiger partial charge is 0.297 e. The molecular weight excluding hydrogens is 436 g/mol. The van der Waals surface area contributed by atoms with Gasteiger partial charge in [-0.3, -0.25) is 8.74 Å². The summed E-state index contributed by atoms with van der Waals surface area (Å²) in [5, 5.41) is 2.49. The average molecular weight is 457 g/mol. The van der Waals surface area contributed by atoms with Gasteiger partial charge in [-0.15, -0.1) is 0 Å². The first-order valence-corrected chi connectivity index (χ1v) is 12.2. The summed E-state index contributed by atoms with van der Waals surface area (Å²) in [5.74, 6) is 0. The van der Waals surface area contributed by atoms with Crippen molar-refractivity contribution in [2.45, 2.75) is 23.6 Å². The molecule has 0 radical (unpaired) electrons. The maximum atomic E-state index is 13.0. The SMILES string of the molecule is COS(=O)(=O)c1c(C)cc2ccccc2c1-c1c(S(=O)(=O)O)c(C)cc2ccccc12. The van der Waals surface area contributed by atoms with Gasteiger partial charge in [-0.25, -0.2) is 0 Å². The van der Waals surface area contributed by atoms with Gasteiger partial charge < -0.3 is 0 Å². The number of fused-ring (bicyclic) bond motifs is 2. The fraction of sp³-hybridized carbons (Fsp3) is 0.130. The highest BCUT2D eigenvalue weighted by Crippen LogP contribution is 2.45. The zero-order valence-corrected chi connectivity index (χ0v) is 18.7. The van der Waals surface area contributed by atoms with Gasteiger partial charge >= 0.3 is 0 Å². The minimum absolute atomic E-state index is 0.130. The van der Waals surface area contributed by atoms with Crippen LogP contribution in [0.15, 0.2) is 70.5 Å². The predicted molar refractivity (Wildman–Crippen MR) is 120 cm³/mol. The van der Waals surface area contributed by atoms with Crippen LogP contribution in [0, 0.1) is 13.8 Å². The Kier molecular flexibility index (Phi) is 5.13. The zero-order chi connectivity index (χ0) is 22.6. The van der Waals surface area contributed by atoms with E-state index < -0.39 is 20.2 Å². The number of aryl methyl sites for hydroxylation is 2. The van der Waals surface area contributed by atoms with Gasteiger partial charge in [-0.1, -0.05) is 60.7 Å². The van der Waals surface area contributed by atoms with E-state index in [1.165, 1.54) is 0 Å². The normalized spacial score (nSPS) is 12.5. The van der Waals surface area contributed by atoms with Crippen LogP contribution >= 0.6 is 0 Å². The molecule has 0 bridgehead atoms. The molecule has 1 N–H and O–H groups in total. The average Bonchev–Trinajstić information content (AvgIpc) is 2.70. The quantitative estimate of drug-likeness (QED) is 0.348. The van der Waals surface area contributed by atoms with Gasteiger partial charge in [0.05, 0.1) is 7.11 Å². The minimum Gasteiger partial charge on any atom is -0.282 e. The number of benzene rings is 4. The van der Waals surface area contributed by atoms with Crippen LogP contribution < -0.4 is 0 Å². The maximum absolute atomic E-state index is 13.0. The van der Waals surface area contributed by atoms with Crippen LogP contribution in [0.25, 0.3) is 32.7 Å². The zero-order valence-electron chi connectivity index (χ0n) is 17.1. The van der Waals surface area contributed by atoms with Crippen molar-refractivity contribution in [1.82, 2.24) is 0 Å². The second-order valence-electron chi connectivity index (χ2n) is 7.33. The van der Waals surface area contributed by atoms with Gasteiger partial charge in [-0.05, 0) is 46.5 Å². The van der Waals surface area contributed by atoms with Gasteiger partial charge in [0, 0.05) is 11.1 Å². The van der Waals surface area contributed by atoms with E-state index in [1.54, 1.807) is 56.3 Å². The molecule has 0 spiro atoms. The van der Waals surface area contributed by atoms with E-state index in [2.05, 4.69) is 0 Å². The van der Waals surface area contributed by atoms with Gasteiger partial charge in [0.1, 0.15) is 9.79 Å². The van der Waals surface area contributed by atoms with Crippen LogP contribution in [0.1, 0.15) is 11.1 Å². The molecule has 0 heterocycles. The molecule has 0 amide bonds. The van der Waals surface area contributed by atoms with Crippen molar-refractivity contribution < 1.29 is 25.6 Å². The lowest BCUT2D eigenvalue weighted by Gasteiger charge is -2.20. The molecule has 4 aromatic carbocycles. The van der Waals surface area contributed by atoms with E-state index in [0.29, 0.717) is 27.3 Å². The van der Waals surface area contributed by atoms with E-state index in [9.17, 15) is 21.4 Å². The highest BCUT2D eigenvalue weighted by molar-refractivity contribution is 7.87. The van der Waals surface area contributed by atoms with Crippen molar-refractivity contribution in [2.24, 2.45) is 0 Å². The second kappa shape index (κ2) is 7.42.